The SMILES string of the molecule is C.C=C(C)C(=O)OC(=O)Cc1ccccc1C.C=C(C)C(=O)OC(=O)Nc1ccccc1C.C=C(C)C(=O)OCCO.CCC(=O)OCCOCCOC(C)COCCOCCOC(=O)NC.CCC(=O)OCCOCCOC(C)COCCOCCOC(=O)NC.Cc1ccccc1N=O.Cc1ccccc1N=O. The number of alkyl carbamates (subject to hydrolysis) is 2. The topological polar surface area (TPSA) is 407 Å². The van der Waals surface area contributed by atoms with Crippen LogP contribution in [-0.4, -0.2) is 218 Å². The summed E-state index contributed by atoms with van der Waals surface area (Å²) in [5, 5.41) is 21.0. The number of aliphatic hydroxyl groups is 1. The monoisotopic (exact) mass is 1560 g/mol. The molecule has 32 nitrogen and oxygen atoms in total. The first-order valence-electron chi connectivity index (χ1n) is 34.7. The number of rotatable bonds is 42. The number of ether oxygens (including phenoxy) is 15. The lowest BCUT2D eigenvalue weighted by molar-refractivity contribution is -0.156. The normalized spacial score (nSPS) is 10.3. The van der Waals surface area contributed by atoms with Gasteiger partial charge < -0.3 is 86.8 Å². The summed E-state index contributed by atoms with van der Waals surface area (Å²) in [5.74, 6) is -2.86. The molecule has 4 aromatic rings. The molecule has 0 radical (unpaired) electrons. The van der Waals surface area contributed by atoms with Gasteiger partial charge in [0.15, 0.2) is 0 Å². The van der Waals surface area contributed by atoms with Crippen molar-refractivity contribution in [3.63, 3.8) is 0 Å². The van der Waals surface area contributed by atoms with Crippen LogP contribution in [0, 0.1) is 37.5 Å². The van der Waals surface area contributed by atoms with Gasteiger partial charge in [0.1, 0.15) is 44.4 Å². The van der Waals surface area contributed by atoms with E-state index in [9.17, 15) is 53.0 Å². The van der Waals surface area contributed by atoms with Gasteiger partial charge in [0.05, 0.1) is 118 Å². The molecule has 32 heteroatoms. The van der Waals surface area contributed by atoms with Crippen LogP contribution >= 0.6 is 0 Å². The molecule has 2 unspecified atom stereocenters. The number of para-hydroxylation sites is 1. The number of benzene rings is 4. The molecular formula is C78H117N5O27. The summed E-state index contributed by atoms with van der Waals surface area (Å²) in [5.41, 5.74) is 7.02. The predicted molar refractivity (Wildman–Crippen MR) is 414 cm³/mol. The molecule has 4 N–H and O–H groups in total. The Hall–Kier alpha value is -10.0. The van der Waals surface area contributed by atoms with Crippen molar-refractivity contribution in [2.75, 3.05) is 152 Å². The first-order valence-corrected chi connectivity index (χ1v) is 34.7. The zero-order chi connectivity index (χ0) is 82.4. The van der Waals surface area contributed by atoms with Crippen molar-refractivity contribution in [2.24, 2.45) is 10.4 Å². The maximum atomic E-state index is 11.4. The molecule has 0 aliphatic rings. The molecule has 0 fully saturated rings. The van der Waals surface area contributed by atoms with E-state index in [1.807, 2.05) is 102 Å². The van der Waals surface area contributed by atoms with E-state index in [4.69, 9.17) is 61.9 Å². The maximum absolute atomic E-state index is 11.4. The highest BCUT2D eigenvalue weighted by molar-refractivity contribution is 5.99. The second kappa shape index (κ2) is 71.9. The number of nitroso groups, excluding NO2 is 2. The van der Waals surface area contributed by atoms with Gasteiger partial charge >= 0.3 is 54.1 Å². The summed E-state index contributed by atoms with van der Waals surface area (Å²) in [4.78, 5) is 119. The number of hydrogen-bond donors (Lipinski definition) is 4. The van der Waals surface area contributed by atoms with Crippen molar-refractivity contribution in [1.29, 1.82) is 0 Å². The highest BCUT2D eigenvalue weighted by atomic mass is 16.6. The van der Waals surface area contributed by atoms with Crippen LogP contribution in [0.3, 0.4) is 0 Å². The number of carbonyl (C=O) groups excluding carboxylic acids is 9. The molecule has 0 spiro atoms. The number of hydrogen-bond acceptors (Lipinski definition) is 29. The molecule has 3 amide bonds. The third-order valence-electron chi connectivity index (χ3n) is 12.8. The van der Waals surface area contributed by atoms with E-state index in [-0.39, 0.29) is 88.8 Å². The Bertz CT molecular complexity index is 3080. The van der Waals surface area contributed by atoms with E-state index >= 15 is 0 Å². The highest BCUT2D eigenvalue weighted by Gasteiger charge is 2.14. The van der Waals surface area contributed by atoms with Crippen molar-refractivity contribution in [1.82, 2.24) is 10.6 Å². The second-order valence-corrected chi connectivity index (χ2v) is 22.3. The first-order chi connectivity index (χ1) is 52.1. The molecule has 0 saturated carbocycles. The Balaban J connectivity index is -0.000000616. The van der Waals surface area contributed by atoms with E-state index in [0.29, 0.717) is 128 Å². The molecule has 0 saturated heterocycles. The van der Waals surface area contributed by atoms with Crippen LogP contribution in [0.15, 0.2) is 144 Å². The lowest BCUT2D eigenvalue weighted by Crippen LogP contribution is -2.22. The quantitative estimate of drug-likeness (QED) is 0.00799. The fraction of sp³-hybridized carbons (Fsp3) is 0.500. The fourth-order valence-corrected chi connectivity index (χ4v) is 6.82. The summed E-state index contributed by atoms with van der Waals surface area (Å²) in [7, 11) is 2.99. The Morgan fingerprint density at radius 1 is 0.409 bits per heavy atom. The Morgan fingerprint density at radius 3 is 1.11 bits per heavy atom. The molecule has 4 aromatic carbocycles. The summed E-state index contributed by atoms with van der Waals surface area (Å²) >= 11 is 0. The number of nitrogens with zero attached hydrogens (tertiary/aromatic N) is 2. The van der Waals surface area contributed by atoms with Crippen LogP contribution < -0.4 is 16.0 Å². The van der Waals surface area contributed by atoms with Crippen molar-refractivity contribution in [3.8, 4) is 0 Å². The molecule has 4 rings (SSSR count). The molecule has 0 bridgehead atoms. The Labute approximate surface area is 646 Å². The van der Waals surface area contributed by atoms with Gasteiger partial charge in [-0.25, -0.2) is 28.8 Å². The molecule has 110 heavy (non-hydrogen) atoms. The van der Waals surface area contributed by atoms with Crippen LogP contribution in [0.2, 0.25) is 0 Å². The predicted octanol–water partition coefficient (Wildman–Crippen LogP) is 11.9. The van der Waals surface area contributed by atoms with Crippen molar-refractivity contribution >= 4 is 71.2 Å². The minimum absolute atomic E-state index is 0. The van der Waals surface area contributed by atoms with Gasteiger partial charge in [-0.3, -0.25) is 19.7 Å². The van der Waals surface area contributed by atoms with E-state index in [2.05, 4.69) is 60.3 Å². The Morgan fingerprint density at radius 2 is 0.755 bits per heavy atom. The van der Waals surface area contributed by atoms with E-state index in [1.165, 1.54) is 27.9 Å². The van der Waals surface area contributed by atoms with Crippen molar-refractivity contribution in [2.45, 2.75) is 115 Å². The third kappa shape index (κ3) is 64.0. The average Bonchev–Trinajstić information content (AvgIpc) is 0.905. The highest BCUT2D eigenvalue weighted by Crippen LogP contribution is 2.17. The summed E-state index contributed by atoms with van der Waals surface area (Å²) in [6.45, 7) is 36.0. The Kier molecular flexibility index (Phi) is 69.5. The number of amides is 3. The standard InChI is InChI=1S/2C16H31NO8.C13H14O3.C12H13NO3.2C7H7NO.C6H10O3.CH4/c2*1-4-15(18)24-11-8-21-7-10-23-14(2)13-22-6-5-20-9-12-25-16(19)17-3;1-9(2)13(15)16-12(14)8-11-7-5-4-6-10(11)3;1-8(2)11(14)16-12(15)13-10-7-5-4-6-9(10)3;2*1-6-4-2-3-5-7(6)8-9;1-5(2)6(8)9-4-3-7;/h2*14H,4-13H2,1-3H3,(H,17,19);4-7H,1,8H2,2-3H3;4-7H,1H2,2-3H3,(H,13,15);2*2-5H,1H3;7H,1,3-4H2,2H3;1H4. The number of carbonyl (C=O) groups is 9. The summed E-state index contributed by atoms with van der Waals surface area (Å²) < 4.78 is 75.7. The van der Waals surface area contributed by atoms with Crippen molar-refractivity contribution < 1.29 is 119 Å². The fourth-order valence-electron chi connectivity index (χ4n) is 6.82. The molecule has 0 heterocycles. The molecule has 0 aliphatic carbocycles. The average molecular weight is 1560 g/mol. The summed E-state index contributed by atoms with van der Waals surface area (Å²) in [6.07, 6.45) is -1.02. The number of esters is 6. The number of aliphatic hydroxyl groups excluding tert-OH is 1. The van der Waals surface area contributed by atoms with Crippen LogP contribution in [0.1, 0.15) is 96.6 Å². The molecule has 616 valence electrons. The van der Waals surface area contributed by atoms with E-state index < -0.39 is 42.2 Å². The van der Waals surface area contributed by atoms with Gasteiger partial charge in [-0.2, -0.15) is 0 Å². The zero-order valence-electron chi connectivity index (χ0n) is 65.2. The van der Waals surface area contributed by atoms with Crippen LogP contribution in [0.4, 0.5) is 31.4 Å². The van der Waals surface area contributed by atoms with Gasteiger partial charge in [0.2, 0.25) is 0 Å². The number of nitrogens with one attached hydrogen (secondary N) is 3. The largest absolute Gasteiger partial charge is 0.463 e. The van der Waals surface area contributed by atoms with E-state index in [1.54, 1.807) is 57.2 Å². The van der Waals surface area contributed by atoms with Crippen LogP contribution in [0.25, 0.3) is 0 Å². The second-order valence-electron chi connectivity index (χ2n) is 22.3. The molecule has 0 aromatic heterocycles. The minimum atomic E-state index is -0.803. The van der Waals surface area contributed by atoms with Crippen LogP contribution in [-0.2, 0) is 106 Å². The molecule has 0 aliphatic heterocycles. The first kappa shape index (κ1) is 106. The third-order valence-corrected chi connectivity index (χ3v) is 12.8. The zero-order valence-corrected chi connectivity index (χ0v) is 65.2. The van der Waals surface area contributed by atoms with Crippen molar-refractivity contribution in [3.05, 3.63) is 171 Å². The molecule has 2 atom stereocenters. The minimum Gasteiger partial charge on any atom is -0.463 e. The van der Waals surface area contributed by atoms with Gasteiger partial charge in [-0.05, 0) is 119 Å². The van der Waals surface area contributed by atoms with E-state index in [0.717, 1.165) is 27.8 Å². The van der Waals surface area contributed by atoms with Crippen LogP contribution in [0.5, 0.6) is 0 Å². The number of aryl methyl sites for hydroxylation is 4. The number of anilines is 1. The smallest absolute Gasteiger partial charge is 0.419 e. The van der Waals surface area contributed by atoms with Gasteiger partial charge in [-0.1, -0.05) is 120 Å². The summed E-state index contributed by atoms with van der Waals surface area (Å²) in [6, 6.07) is 29.1. The van der Waals surface area contributed by atoms with Gasteiger partial charge in [-0.15, -0.1) is 9.81 Å². The van der Waals surface area contributed by atoms with Gasteiger partial charge in [0.25, 0.3) is 0 Å². The lowest BCUT2D eigenvalue weighted by atomic mass is 10.1. The maximum Gasteiger partial charge on any atom is 0.419 e. The molecular weight excluding hydrogens is 1440 g/mol. The lowest BCUT2D eigenvalue weighted by Gasteiger charge is -2.14. The van der Waals surface area contributed by atoms with Gasteiger partial charge in [0, 0.05) is 49.3 Å².